The zero-order valence-electron chi connectivity index (χ0n) is 6.44. The zero-order chi connectivity index (χ0) is 8.81. The van der Waals surface area contributed by atoms with E-state index in [1.807, 2.05) is 18.2 Å². The van der Waals surface area contributed by atoms with Gasteiger partial charge in [0, 0.05) is 0 Å². The molecule has 0 aliphatic rings. The lowest BCUT2D eigenvalue weighted by atomic mass is 10.1. The summed E-state index contributed by atoms with van der Waals surface area (Å²) in [6, 6.07) is 9.16. The Kier molecular flexibility index (Phi) is 2.79. The van der Waals surface area contributed by atoms with Crippen LogP contribution in [0.1, 0.15) is 11.1 Å². The van der Waals surface area contributed by atoms with Gasteiger partial charge in [-0.2, -0.15) is 10.4 Å². The largest absolute Gasteiger partial charge is 0.305 e. The number of nitrogens with zero attached hydrogens (tertiary/aromatic N) is 3. The molecule has 12 heavy (non-hydrogen) atoms. The summed E-state index contributed by atoms with van der Waals surface area (Å²) in [6.45, 7) is 0.461. The molecule has 4 nitrogen and oxygen atoms in total. The van der Waals surface area contributed by atoms with Gasteiger partial charge in [0.05, 0.1) is 18.2 Å². The summed E-state index contributed by atoms with van der Waals surface area (Å²) in [6.07, 6.45) is 0. The van der Waals surface area contributed by atoms with E-state index in [4.69, 9.17) is 11.1 Å². The van der Waals surface area contributed by atoms with Gasteiger partial charge in [-0.05, 0) is 17.7 Å². The second kappa shape index (κ2) is 4.09. The summed E-state index contributed by atoms with van der Waals surface area (Å²) in [7, 11) is 0. The van der Waals surface area contributed by atoms with Gasteiger partial charge in [0.2, 0.25) is 0 Å². The molecule has 60 valence electrons. The highest BCUT2D eigenvalue weighted by Crippen LogP contribution is 2.04. The van der Waals surface area contributed by atoms with Crippen molar-refractivity contribution in [2.24, 2.45) is 16.2 Å². The molecular formula is C8H8N4. The predicted molar refractivity (Wildman–Crippen MR) is 43.9 cm³/mol. The maximum Gasteiger partial charge on any atom is 0.0991 e. The summed E-state index contributed by atoms with van der Waals surface area (Å²) in [5.74, 6) is 4.84. The van der Waals surface area contributed by atoms with Gasteiger partial charge in [-0.25, -0.2) is 0 Å². The Morgan fingerprint density at radius 2 is 2.00 bits per heavy atom. The first-order valence-corrected chi connectivity index (χ1v) is 3.42. The van der Waals surface area contributed by atoms with Crippen LogP contribution in [-0.2, 0) is 6.54 Å². The van der Waals surface area contributed by atoms with E-state index in [1.54, 1.807) is 12.1 Å². The van der Waals surface area contributed by atoms with E-state index in [0.717, 1.165) is 5.56 Å². The fourth-order valence-corrected chi connectivity index (χ4v) is 0.807. The van der Waals surface area contributed by atoms with Gasteiger partial charge in [0.25, 0.3) is 0 Å². The normalized spacial score (nSPS) is 9.92. The van der Waals surface area contributed by atoms with Crippen LogP contribution in [0.25, 0.3) is 0 Å². The molecule has 2 N–H and O–H groups in total. The van der Waals surface area contributed by atoms with Crippen LogP contribution in [0.15, 0.2) is 34.6 Å². The molecule has 1 aromatic rings. The molecule has 0 aliphatic heterocycles. The van der Waals surface area contributed by atoms with Crippen LogP contribution >= 0.6 is 0 Å². The van der Waals surface area contributed by atoms with Crippen molar-refractivity contribution in [3.63, 3.8) is 0 Å². The molecule has 0 saturated heterocycles. The van der Waals surface area contributed by atoms with Gasteiger partial charge in [-0.1, -0.05) is 17.4 Å². The number of benzene rings is 1. The monoisotopic (exact) mass is 160 g/mol. The average molecular weight is 160 g/mol. The highest BCUT2D eigenvalue weighted by Gasteiger charge is 1.91. The molecule has 0 atom stereocenters. The molecule has 1 rings (SSSR count). The van der Waals surface area contributed by atoms with Gasteiger partial charge < -0.3 is 5.84 Å². The first kappa shape index (κ1) is 8.21. The van der Waals surface area contributed by atoms with Crippen LogP contribution in [0.3, 0.4) is 0 Å². The van der Waals surface area contributed by atoms with Crippen molar-refractivity contribution in [1.82, 2.24) is 0 Å². The van der Waals surface area contributed by atoms with Crippen LogP contribution in [-0.4, -0.2) is 0 Å². The summed E-state index contributed by atoms with van der Waals surface area (Å²) < 4.78 is 0. The van der Waals surface area contributed by atoms with Crippen LogP contribution in [0.2, 0.25) is 0 Å². The smallest absolute Gasteiger partial charge is 0.0991 e. The fourth-order valence-electron chi connectivity index (χ4n) is 0.807. The Hall–Kier alpha value is -1.89. The second-order valence-electron chi connectivity index (χ2n) is 2.22. The van der Waals surface area contributed by atoms with Crippen molar-refractivity contribution in [2.75, 3.05) is 0 Å². The van der Waals surface area contributed by atoms with Crippen LogP contribution < -0.4 is 5.84 Å². The van der Waals surface area contributed by atoms with Crippen LogP contribution in [0, 0.1) is 11.3 Å². The summed E-state index contributed by atoms with van der Waals surface area (Å²) in [4.78, 5) is 0. The highest BCUT2D eigenvalue weighted by molar-refractivity contribution is 5.31. The Bertz CT molecular complexity index is 307. The van der Waals surface area contributed by atoms with Crippen molar-refractivity contribution in [3.8, 4) is 6.07 Å². The Labute approximate surface area is 70.3 Å². The van der Waals surface area contributed by atoms with E-state index in [-0.39, 0.29) is 0 Å². The minimum atomic E-state index is 0.461. The number of hydrogen-bond donors (Lipinski definition) is 1. The van der Waals surface area contributed by atoms with Gasteiger partial charge >= 0.3 is 0 Å². The highest BCUT2D eigenvalue weighted by atomic mass is 15.3. The lowest BCUT2D eigenvalue weighted by Crippen LogP contribution is -1.83. The summed E-state index contributed by atoms with van der Waals surface area (Å²) >= 11 is 0. The topological polar surface area (TPSA) is 74.5 Å². The lowest BCUT2D eigenvalue weighted by Gasteiger charge is -1.93. The van der Waals surface area contributed by atoms with Crippen molar-refractivity contribution in [3.05, 3.63) is 35.4 Å². The Morgan fingerprint density at radius 1 is 1.33 bits per heavy atom. The van der Waals surface area contributed by atoms with Crippen LogP contribution in [0.4, 0.5) is 0 Å². The predicted octanol–water partition coefficient (Wildman–Crippen LogP) is 1.38. The average Bonchev–Trinajstić information content (AvgIpc) is 2.15. The first-order valence-electron chi connectivity index (χ1n) is 3.42. The maximum atomic E-state index is 8.49. The van der Waals surface area contributed by atoms with E-state index < -0.39 is 0 Å². The molecule has 4 heteroatoms. The SMILES string of the molecule is N#Cc1ccc(CN=NN)cc1. The van der Waals surface area contributed by atoms with E-state index in [1.165, 1.54) is 0 Å². The molecule has 0 spiro atoms. The molecule has 0 aromatic heterocycles. The molecule has 0 radical (unpaired) electrons. The number of rotatable bonds is 2. The molecular weight excluding hydrogens is 152 g/mol. The summed E-state index contributed by atoms with van der Waals surface area (Å²) in [5.41, 5.74) is 1.63. The number of hydrogen-bond acceptors (Lipinski definition) is 3. The standard InChI is InChI=1S/C8H8N4/c9-5-7-1-3-8(4-2-7)6-11-12-10/h1-4H,6H2,(H2,10,11). The molecule has 0 bridgehead atoms. The van der Waals surface area contributed by atoms with Crippen molar-refractivity contribution in [2.45, 2.75) is 6.54 Å². The van der Waals surface area contributed by atoms with Crippen LogP contribution in [0.5, 0.6) is 0 Å². The minimum Gasteiger partial charge on any atom is -0.305 e. The molecule has 0 amide bonds. The third-order valence-electron chi connectivity index (χ3n) is 1.42. The quantitative estimate of drug-likeness (QED) is 0.403. The van der Waals surface area contributed by atoms with E-state index >= 15 is 0 Å². The number of nitriles is 1. The fraction of sp³-hybridized carbons (Fsp3) is 0.125. The number of nitrogens with two attached hydrogens (primary N) is 1. The minimum absolute atomic E-state index is 0.461. The third kappa shape index (κ3) is 2.06. The molecule has 1 aromatic carbocycles. The first-order chi connectivity index (χ1) is 5.86. The second-order valence-corrected chi connectivity index (χ2v) is 2.22. The van der Waals surface area contributed by atoms with Crippen molar-refractivity contribution in [1.29, 1.82) is 5.26 Å². The van der Waals surface area contributed by atoms with E-state index in [0.29, 0.717) is 12.1 Å². The van der Waals surface area contributed by atoms with Gasteiger partial charge in [-0.15, -0.1) is 0 Å². The molecule has 0 aliphatic carbocycles. The van der Waals surface area contributed by atoms with E-state index in [9.17, 15) is 0 Å². The molecule has 0 unspecified atom stereocenters. The van der Waals surface area contributed by atoms with Crippen molar-refractivity contribution >= 4 is 0 Å². The van der Waals surface area contributed by atoms with Gasteiger partial charge in [0.15, 0.2) is 0 Å². The molecule has 0 heterocycles. The maximum absolute atomic E-state index is 8.49. The van der Waals surface area contributed by atoms with Gasteiger partial charge in [-0.3, -0.25) is 0 Å². The Balaban J connectivity index is 2.73. The zero-order valence-corrected chi connectivity index (χ0v) is 6.44. The van der Waals surface area contributed by atoms with E-state index in [2.05, 4.69) is 10.3 Å². The van der Waals surface area contributed by atoms with Gasteiger partial charge in [0.1, 0.15) is 0 Å². The Morgan fingerprint density at radius 3 is 2.50 bits per heavy atom. The molecule has 0 saturated carbocycles. The summed E-state index contributed by atoms with van der Waals surface area (Å²) in [5, 5.41) is 15.2. The molecule has 0 fully saturated rings. The van der Waals surface area contributed by atoms with Crippen molar-refractivity contribution < 1.29 is 0 Å². The third-order valence-corrected chi connectivity index (χ3v) is 1.42. The lowest BCUT2D eigenvalue weighted by molar-refractivity contribution is 0.893.